The standard InChI is InChI=1S/C16H27N5O3/c1-10(2)12-8-21(7-6-16(23)24)9-13(12)18-15(22)5-4-14-17-11(3)19-20-14/h10,12-13H,4-9H2,1-3H3,(H,18,22)(H,23,24)(H,17,19,20)/t12-,13+/m1/s1. The number of carbonyl (C=O) groups is 2. The van der Waals surface area contributed by atoms with E-state index in [1.165, 1.54) is 0 Å². The Kier molecular flexibility index (Phi) is 6.30. The number of H-pyrrole nitrogens is 1. The van der Waals surface area contributed by atoms with Crippen LogP contribution in [0.2, 0.25) is 0 Å². The third kappa shape index (κ3) is 5.30. The fraction of sp³-hybridized carbons (Fsp3) is 0.750. The average molecular weight is 337 g/mol. The van der Waals surface area contributed by atoms with E-state index in [4.69, 9.17) is 5.11 Å². The number of aromatic amines is 1. The summed E-state index contributed by atoms with van der Waals surface area (Å²) < 4.78 is 0. The van der Waals surface area contributed by atoms with Crippen molar-refractivity contribution in [2.75, 3.05) is 19.6 Å². The van der Waals surface area contributed by atoms with Gasteiger partial charge in [-0.15, -0.1) is 0 Å². The molecule has 2 heterocycles. The minimum atomic E-state index is -0.787. The lowest BCUT2D eigenvalue weighted by Gasteiger charge is -2.22. The van der Waals surface area contributed by atoms with E-state index in [-0.39, 0.29) is 18.4 Å². The van der Waals surface area contributed by atoms with Gasteiger partial charge in [0, 0.05) is 38.5 Å². The van der Waals surface area contributed by atoms with Gasteiger partial charge in [0.05, 0.1) is 6.42 Å². The van der Waals surface area contributed by atoms with Gasteiger partial charge in [-0.2, -0.15) is 5.10 Å². The molecule has 1 aliphatic heterocycles. The monoisotopic (exact) mass is 337 g/mol. The average Bonchev–Trinajstić information content (AvgIpc) is 3.09. The van der Waals surface area contributed by atoms with Crippen LogP contribution in [-0.4, -0.2) is 62.7 Å². The molecular weight excluding hydrogens is 310 g/mol. The Hall–Kier alpha value is -1.96. The van der Waals surface area contributed by atoms with Crippen LogP contribution in [0.25, 0.3) is 0 Å². The van der Waals surface area contributed by atoms with Crippen LogP contribution in [0.5, 0.6) is 0 Å². The van der Waals surface area contributed by atoms with Gasteiger partial charge in [-0.05, 0) is 18.8 Å². The van der Waals surface area contributed by atoms with E-state index in [0.29, 0.717) is 43.6 Å². The van der Waals surface area contributed by atoms with Crippen molar-refractivity contribution in [3.8, 4) is 0 Å². The fourth-order valence-electron chi connectivity index (χ4n) is 3.18. The topological polar surface area (TPSA) is 111 Å². The lowest BCUT2D eigenvalue weighted by molar-refractivity contribution is -0.137. The molecule has 1 fully saturated rings. The molecule has 134 valence electrons. The van der Waals surface area contributed by atoms with E-state index in [1.807, 2.05) is 6.92 Å². The molecule has 0 spiro atoms. The first-order valence-corrected chi connectivity index (χ1v) is 8.46. The quantitative estimate of drug-likeness (QED) is 0.640. The number of likely N-dealkylation sites (tertiary alicyclic amines) is 1. The van der Waals surface area contributed by atoms with Gasteiger partial charge in [0.1, 0.15) is 5.82 Å². The van der Waals surface area contributed by atoms with Crippen molar-refractivity contribution in [3.05, 3.63) is 11.6 Å². The molecule has 2 rings (SSSR count). The minimum Gasteiger partial charge on any atom is -0.481 e. The minimum absolute atomic E-state index is 0.00631. The number of rotatable bonds is 8. The first-order chi connectivity index (χ1) is 11.3. The first kappa shape index (κ1) is 18.4. The smallest absolute Gasteiger partial charge is 0.304 e. The predicted molar refractivity (Wildman–Crippen MR) is 88.4 cm³/mol. The molecule has 1 aliphatic rings. The van der Waals surface area contributed by atoms with Crippen molar-refractivity contribution in [2.45, 2.75) is 46.1 Å². The second kappa shape index (κ2) is 8.23. The number of hydrogen-bond acceptors (Lipinski definition) is 5. The van der Waals surface area contributed by atoms with Crippen LogP contribution in [0.4, 0.5) is 0 Å². The number of carboxylic acid groups (broad SMARTS) is 1. The largest absolute Gasteiger partial charge is 0.481 e. The van der Waals surface area contributed by atoms with E-state index < -0.39 is 5.97 Å². The second-order valence-electron chi connectivity index (χ2n) is 6.82. The summed E-state index contributed by atoms with van der Waals surface area (Å²) in [5.74, 6) is 1.38. The summed E-state index contributed by atoms with van der Waals surface area (Å²) in [5, 5.41) is 18.7. The summed E-state index contributed by atoms with van der Waals surface area (Å²) >= 11 is 0. The van der Waals surface area contributed by atoms with E-state index in [9.17, 15) is 9.59 Å². The number of aromatic nitrogens is 3. The number of aryl methyl sites for hydroxylation is 2. The number of nitrogens with one attached hydrogen (secondary N) is 2. The third-order valence-electron chi connectivity index (χ3n) is 4.50. The maximum absolute atomic E-state index is 12.2. The van der Waals surface area contributed by atoms with Crippen molar-refractivity contribution >= 4 is 11.9 Å². The molecule has 1 saturated heterocycles. The summed E-state index contributed by atoms with van der Waals surface area (Å²) in [6.45, 7) is 8.18. The molecule has 1 amide bonds. The van der Waals surface area contributed by atoms with Gasteiger partial charge in [0.25, 0.3) is 0 Å². The maximum Gasteiger partial charge on any atom is 0.304 e. The molecule has 0 aliphatic carbocycles. The summed E-state index contributed by atoms with van der Waals surface area (Å²) in [7, 11) is 0. The van der Waals surface area contributed by atoms with Gasteiger partial charge >= 0.3 is 5.97 Å². The number of carbonyl (C=O) groups excluding carboxylic acids is 1. The Bertz CT molecular complexity index is 572. The van der Waals surface area contributed by atoms with Crippen LogP contribution in [0.1, 0.15) is 38.3 Å². The maximum atomic E-state index is 12.2. The number of carboxylic acids is 1. The molecule has 2 atom stereocenters. The molecular formula is C16H27N5O3. The van der Waals surface area contributed by atoms with Crippen LogP contribution < -0.4 is 5.32 Å². The zero-order chi connectivity index (χ0) is 17.7. The molecule has 8 nitrogen and oxygen atoms in total. The summed E-state index contributed by atoms with van der Waals surface area (Å²) in [4.78, 5) is 29.3. The zero-order valence-corrected chi connectivity index (χ0v) is 14.6. The molecule has 0 saturated carbocycles. The Morgan fingerprint density at radius 2 is 2.12 bits per heavy atom. The number of aliphatic carboxylic acids is 1. The zero-order valence-electron chi connectivity index (χ0n) is 14.6. The van der Waals surface area contributed by atoms with E-state index in [1.54, 1.807) is 0 Å². The lowest BCUT2D eigenvalue weighted by atomic mass is 9.91. The van der Waals surface area contributed by atoms with Crippen molar-refractivity contribution in [2.24, 2.45) is 11.8 Å². The SMILES string of the molecule is Cc1nc(CCC(=O)N[C@H]2CN(CCC(=O)O)C[C@@H]2C(C)C)n[nH]1. The van der Waals surface area contributed by atoms with E-state index in [0.717, 1.165) is 12.4 Å². The molecule has 3 N–H and O–H groups in total. The molecule has 0 bridgehead atoms. The van der Waals surface area contributed by atoms with E-state index >= 15 is 0 Å². The summed E-state index contributed by atoms with van der Waals surface area (Å²) in [6, 6.07) is 0.0696. The molecule has 0 unspecified atom stereocenters. The Morgan fingerprint density at radius 1 is 1.38 bits per heavy atom. The predicted octanol–water partition coefficient (Wildman–Crippen LogP) is 0.593. The summed E-state index contributed by atoms with van der Waals surface area (Å²) in [5.41, 5.74) is 0. The molecule has 1 aromatic heterocycles. The van der Waals surface area contributed by atoms with Crippen molar-refractivity contribution in [3.63, 3.8) is 0 Å². The number of hydrogen-bond donors (Lipinski definition) is 3. The molecule has 1 aromatic rings. The van der Waals surface area contributed by atoms with Crippen LogP contribution in [-0.2, 0) is 16.0 Å². The van der Waals surface area contributed by atoms with Crippen LogP contribution >= 0.6 is 0 Å². The normalized spacial score (nSPS) is 21.3. The van der Waals surface area contributed by atoms with Crippen LogP contribution in [0.15, 0.2) is 0 Å². The Balaban J connectivity index is 1.83. The van der Waals surface area contributed by atoms with Crippen molar-refractivity contribution in [1.82, 2.24) is 25.4 Å². The highest BCUT2D eigenvalue weighted by Gasteiger charge is 2.35. The Morgan fingerprint density at radius 3 is 2.71 bits per heavy atom. The van der Waals surface area contributed by atoms with Gasteiger partial charge < -0.3 is 15.3 Å². The Labute approximate surface area is 142 Å². The van der Waals surface area contributed by atoms with Crippen molar-refractivity contribution < 1.29 is 14.7 Å². The highest BCUT2D eigenvalue weighted by Crippen LogP contribution is 2.24. The molecule has 24 heavy (non-hydrogen) atoms. The summed E-state index contributed by atoms with van der Waals surface area (Å²) in [6.07, 6.45) is 1.00. The fourth-order valence-corrected chi connectivity index (χ4v) is 3.18. The molecule has 0 aromatic carbocycles. The van der Waals surface area contributed by atoms with Gasteiger partial charge in [-0.1, -0.05) is 13.8 Å². The second-order valence-corrected chi connectivity index (χ2v) is 6.82. The molecule has 8 heteroatoms. The van der Waals surface area contributed by atoms with Gasteiger partial charge in [0.2, 0.25) is 5.91 Å². The third-order valence-corrected chi connectivity index (χ3v) is 4.50. The van der Waals surface area contributed by atoms with Crippen molar-refractivity contribution in [1.29, 1.82) is 0 Å². The number of amides is 1. The van der Waals surface area contributed by atoms with Gasteiger partial charge in [-0.25, -0.2) is 4.98 Å². The van der Waals surface area contributed by atoms with Crippen LogP contribution in [0.3, 0.4) is 0 Å². The van der Waals surface area contributed by atoms with Crippen LogP contribution in [0, 0.1) is 18.8 Å². The number of nitrogens with zero attached hydrogens (tertiary/aromatic N) is 3. The first-order valence-electron chi connectivity index (χ1n) is 8.46. The lowest BCUT2D eigenvalue weighted by Crippen LogP contribution is -2.42. The molecule has 0 radical (unpaired) electrons. The highest BCUT2D eigenvalue weighted by molar-refractivity contribution is 5.76. The van der Waals surface area contributed by atoms with Gasteiger partial charge in [-0.3, -0.25) is 14.7 Å². The van der Waals surface area contributed by atoms with Gasteiger partial charge in [0.15, 0.2) is 5.82 Å². The highest BCUT2D eigenvalue weighted by atomic mass is 16.4. The van der Waals surface area contributed by atoms with E-state index in [2.05, 4.69) is 39.2 Å².